The predicted octanol–water partition coefficient (Wildman–Crippen LogP) is 1.65. The molecule has 0 saturated carbocycles. The Morgan fingerprint density at radius 2 is 2.06 bits per heavy atom. The van der Waals surface area contributed by atoms with E-state index in [9.17, 15) is 4.79 Å². The molecule has 0 fully saturated rings. The molecular weight excluding hydrogens is 216 g/mol. The van der Waals surface area contributed by atoms with Crippen molar-refractivity contribution in [3.63, 3.8) is 0 Å². The van der Waals surface area contributed by atoms with Gasteiger partial charge in [-0.1, -0.05) is 0 Å². The minimum Gasteiger partial charge on any atom is -0.361 e. The Morgan fingerprint density at radius 1 is 1.29 bits per heavy atom. The lowest BCUT2D eigenvalue weighted by molar-refractivity contribution is -0.114. The standard InChI is InChI=1S/C12H14N4O/c1-8(17)14-9-4-5-10-11(6-9)13-7-12(15-10)16(2)3/h4-7H,1-3H3,(H,14,17). The van der Waals surface area contributed by atoms with E-state index in [4.69, 9.17) is 0 Å². The lowest BCUT2D eigenvalue weighted by atomic mass is 10.2. The molecule has 1 amide bonds. The average Bonchev–Trinajstić information content (AvgIpc) is 2.27. The predicted molar refractivity (Wildman–Crippen MR) is 68.2 cm³/mol. The normalized spacial score (nSPS) is 10.3. The molecule has 0 bridgehead atoms. The zero-order valence-electron chi connectivity index (χ0n) is 10.1. The van der Waals surface area contributed by atoms with E-state index in [2.05, 4.69) is 15.3 Å². The van der Waals surface area contributed by atoms with Gasteiger partial charge in [-0.05, 0) is 18.2 Å². The average molecular weight is 230 g/mol. The number of nitrogens with zero attached hydrogens (tertiary/aromatic N) is 3. The van der Waals surface area contributed by atoms with Gasteiger partial charge in [-0.3, -0.25) is 9.78 Å². The number of rotatable bonds is 2. The van der Waals surface area contributed by atoms with Gasteiger partial charge in [0.25, 0.3) is 0 Å². The van der Waals surface area contributed by atoms with Crippen molar-refractivity contribution in [1.82, 2.24) is 9.97 Å². The lowest BCUT2D eigenvalue weighted by Gasteiger charge is -2.11. The lowest BCUT2D eigenvalue weighted by Crippen LogP contribution is -2.11. The van der Waals surface area contributed by atoms with Crippen LogP contribution in [0.3, 0.4) is 0 Å². The summed E-state index contributed by atoms with van der Waals surface area (Å²) in [6.45, 7) is 1.48. The van der Waals surface area contributed by atoms with Gasteiger partial charge in [0, 0.05) is 26.7 Å². The first-order valence-electron chi connectivity index (χ1n) is 5.28. The summed E-state index contributed by atoms with van der Waals surface area (Å²) in [6, 6.07) is 5.47. The number of benzene rings is 1. The van der Waals surface area contributed by atoms with Crippen molar-refractivity contribution in [3.8, 4) is 0 Å². The van der Waals surface area contributed by atoms with Gasteiger partial charge in [-0.25, -0.2) is 4.98 Å². The molecule has 17 heavy (non-hydrogen) atoms. The number of nitrogens with one attached hydrogen (secondary N) is 1. The number of amides is 1. The molecule has 0 radical (unpaired) electrons. The SMILES string of the molecule is CC(=O)Nc1ccc2nc(N(C)C)cnc2c1. The third-order valence-electron chi connectivity index (χ3n) is 2.31. The maximum Gasteiger partial charge on any atom is 0.221 e. The van der Waals surface area contributed by atoms with Crippen LogP contribution in [-0.4, -0.2) is 30.0 Å². The third kappa shape index (κ3) is 2.50. The number of hydrogen-bond donors (Lipinski definition) is 1. The highest BCUT2D eigenvalue weighted by molar-refractivity contribution is 5.91. The quantitative estimate of drug-likeness (QED) is 0.852. The van der Waals surface area contributed by atoms with Gasteiger partial charge in [0.15, 0.2) is 0 Å². The summed E-state index contributed by atoms with van der Waals surface area (Å²) in [6.07, 6.45) is 1.71. The molecule has 0 spiro atoms. The topological polar surface area (TPSA) is 58.1 Å². The van der Waals surface area contributed by atoms with Crippen LogP contribution in [0.1, 0.15) is 6.92 Å². The summed E-state index contributed by atoms with van der Waals surface area (Å²) < 4.78 is 0. The van der Waals surface area contributed by atoms with Crippen molar-refractivity contribution in [3.05, 3.63) is 24.4 Å². The Bertz CT molecular complexity index is 565. The summed E-state index contributed by atoms with van der Waals surface area (Å²) >= 11 is 0. The van der Waals surface area contributed by atoms with Crippen molar-refractivity contribution >= 4 is 28.4 Å². The van der Waals surface area contributed by atoms with Crippen LogP contribution in [0.2, 0.25) is 0 Å². The summed E-state index contributed by atoms with van der Waals surface area (Å²) in [7, 11) is 3.84. The van der Waals surface area contributed by atoms with Crippen molar-refractivity contribution in [1.29, 1.82) is 0 Å². The van der Waals surface area contributed by atoms with E-state index in [0.717, 1.165) is 22.5 Å². The smallest absolute Gasteiger partial charge is 0.221 e. The molecule has 5 nitrogen and oxygen atoms in total. The van der Waals surface area contributed by atoms with Crippen molar-refractivity contribution in [2.24, 2.45) is 0 Å². The Balaban J connectivity index is 2.43. The number of hydrogen-bond acceptors (Lipinski definition) is 4. The van der Waals surface area contributed by atoms with Gasteiger partial charge in [0.1, 0.15) is 5.82 Å². The van der Waals surface area contributed by atoms with Crippen LogP contribution in [0.4, 0.5) is 11.5 Å². The van der Waals surface area contributed by atoms with Gasteiger partial charge in [-0.15, -0.1) is 0 Å². The first-order valence-corrected chi connectivity index (χ1v) is 5.28. The Labute approximate surface area is 99.5 Å². The number of anilines is 2. The van der Waals surface area contributed by atoms with E-state index >= 15 is 0 Å². The largest absolute Gasteiger partial charge is 0.361 e. The van der Waals surface area contributed by atoms with E-state index in [1.54, 1.807) is 6.20 Å². The molecule has 1 aromatic carbocycles. The molecule has 0 atom stereocenters. The van der Waals surface area contributed by atoms with Crippen LogP contribution in [0, 0.1) is 0 Å². The number of fused-ring (bicyclic) bond motifs is 1. The molecule has 0 aliphatic carbocycles. The van der Waals surface area contributed by atoms with E-state index in [1.807, 2.05) is 37.2 Å². The summed E-state index contributed by atoms with van der Waals surface area (Å²) in [5.74, 6) is 0.715. The molecular formula is C12H14N4O. The molecule has 0 aliphatic rings. The van der Waals surface area contributed by atoms with Gasteiger partial charge >= 0.3 is 0 Å². The fraction of sp³-hybridized carbons (Fsp3) is 0.250. The van der Waals surface area contributed by atoms with Crippen LogP contribution in [0.5, 0.6) is 0 Å². The van der Waals surface area contributed by atoms with E-state index in [-0.39, 0.29) is 5.91 Å². The second-order valence-corrected chi connectivity index (χ2v) is 4.01. The zero-order chi connectivity index (χ0) is 12.4. The Kier molecular flexibility index (Phi) is 2.91. The van der Waals surface area contributed by atoms with Gasteiger partial charge in [-0.2, -0.15) is 0 Å². The molecule has 2 rings (SSSR count). The van der Waals surface area contributed by atoms with E-state index < -0.39 is 0 Å². The molecule has 0 aliphatic heterocycles. The highest BCUT2D eigenvalue weighted by Gasteiger charge is 2.03. The van der Waals surface area contributed by atoms with Gasteiger partial charge in [0.05, 0.1) is 17.2 Å². The van der Waals surface area contributed by atoms with Crippen LogP contribution in [0.15, 0.2) is 24.4 Å². The maximum atomic E-state index is 10.9. The minimum atomic E-state index is -0.0952. The van der Waals surface area contributed by atoms with Crippen LogP contribution >= 0.6 is 0 Å². The van der Waals surface area contributed by atoms with Crippen molar-refractivity contribution in [2.75, 3.05) is 24.3 Å². The van der Waals surface area contributed by atoms with Gasteiger partial charge in [0.2, 0.25) is 5.91 Å². The molecule has 1 N–H and O–H groups in total. The number of carbonyl (C=O) groups is 1. The minimum absolute atomic E-state index is 0.0952. The van der Waals surface area contributed by atoms with E-state index in [0.29, 0.717) is 0 Å². The van der Waals surface area contributed by atoms with Gasteiger partial charge < -0.3 is 10.2 Å². The molecule has 88 valence electrons. The fourth-order valence-electron chi connectivity index (χ4n) is 1.50. The molecule has 1 heterocycles. The fourth-order valence-corrected chi connectivity index (χ4v) is 1.50. The molecule has 1 aromatic heterocycles. The summed E-state index contributed by atoms with van der Waals surface area (Å²) in [5, 5.41) is 2.72. The molecule has 2 aromatic rings. The summed E-state index contributed by atoms with van der Waals surface area (Å²) in [5.41, 5.74) is 2.31. The van der Waals surface area contributed by atoms with E-state index in [1.165, 1.54) is 6.92 Å². The third-order valence-corrected chi connectivity index (χ3v) is 2.31. The summed E-state index contributed by atoms with van der Waals surface area (Å²) in [4.78, 5) is 21.6. The highest BCUT2D eigenvalue weighted by Crippen LogP contribution is 2.18. The zero-order valence-corrected chi connectivity index (χ0v) is 10.1. The Morgan fingerprint density at radius 3 is 2.71 bits per heavy atom. The van der Waals surface area contributed by atoms with Crippen LogP contribution < -0.4 is 10.2 Å². The van der Waals surface area contributed by atoms with Crippen LogP contribution in [-0.2, 0) is 4.79 Å². The number of carbonyl (C=O) groups excluding carboxylic acids is 1. The first-order chi connectivity index (χ1) is 8.06. The maximum absolute atomic E-state index is 10.9. The molecule has 5 heteroatoms. The highest BCUT2D eigenvalue weighted by atomic mass is 16.1. The van der Waals surface area contributed by atoms with Crippen LogP contribution in [0.25, 0.3) is 11.0 Å². The second kappa shape index (κ2) is 4.37. The first kappa shape index (κ1) is 11.3. The monoisotopic (exact) mass is 230 g/mol. The molecule has 0 saturated heterocycles. The number of aromatic nitrogens is 2. The molecule has 0 unspecified atom stereocenters. The van der Waals surface area contributed by atoms with Crippen molar-refractivity contribution < 1.29 is 4.79 Å². The second-order valence-electron chi connectivity index (χ2n) is 4.01. The van der Waals surface area contributed by atoms with Crippen molar-refractivity contribution in [2.45, 2.75) is 6.92 Å². The Hall–Kier alpha value is -2.17.